The van der Waals surface area contributed by atoms with Gasteiger partial charge in [-0.3, -0.25) is 5.43 Å². The summed E-state index contributed by atoms with van der Waals surface area (Å²) in [7, 11) is 3.27. The van der Waals surface area contributed by atoms with E-state index in [1.807, 2.05) is 30.3 Å². The molecule has 0 radical (unpaired) electrons. The summed E-state index contributed by atoms with van der Waals surface area (Å²) in [6.45, 7) is 2.12. The Hall–Kier alpha value is -2.24. The lowest BCUT2D eigenvalue weighted by atomic mass is 9.83. The number of hydrazine groups is 1. The van der Waals surface area contributed by atoms with E-state index in [1.54, 1.807) is 20.3 Å². The van der Waals surface area contributed by atoms with Gasteiger partial charge < -0.3 is 14.6 Å². The van der Waals surface area contributed by atoms with E-state index in [4.69, 9.17) is 9.47 Å². The maximum Gasteiger partial charge on any atom is 0.124 e. The first-order valence-electron chi connectivity index (χ1n) is 7.66. The fourth-order valence-electron chi connectivity index (χ4n) is 3.26. The minimum absolute atomic E-state index is 0.0628. The summed E-state index contributed by atoms with van der Waals surface area (Å²) >= 11 is 0. The smallest absolute Gasteiger partial charge is 0.124 e. The Labute approximate surface area is 136 Å². The normalized spacial score (nSPS) is 23.7. The maximum atomic E-state index is 10.4. The van der Waals surface area contributed by atoms with Crippen LogP contribution in [0.15, 0.2) is 42.5 Å². The van der Waals surface area contributed by atoms with Crippen LogP contribution in [0.4, 0.5) is 0 Å². The quantitative estimate of drug-likeness (QED) is 0.810. The maximum absolute atomic E-state index is 10.4. The Morgan fingerprint density at radius 2 is 1.74 bits per heavy atom. The zero-order valence-corrected chi connectivity index (χ0v) is 13.5. The van der Waals surface area contributed by atoms with Crippen molar-refractivity contribution < 1.29 is 14.6 Å². The van der Waals surface area contributed by atoms with E-state index in [-0.39, 0.29) is 23.8 Å². The third-order valence-electron chi connectivity index (χ3n) is 4.44. The van der Waals surface area contributed by atoms with Crippen molar-refractivity contribution >= 4 is 0 Å². The van der Waals surface area contributed by atoms with Gasteiger partial charge in [-0.2, -0.15) is 0 Å². The molecule has 0 aromatic heterocycles. The predicted molar refractivity (Wildman–Crippen MR) is 88.9 cm³/mol. The van der Waals surface area contributed by atoms with Gasteiger partial charge in [0.2, 0.25) is 0 Å². The molecule has 1 aliphatic heterocycles. The number of hydrogen-bond acceptors (Lipinski definition) is 5. The van der Waals surface area contributed by atoms with Crippen LogP contribution in [0.5, 0.6) is 17.2 Å². The molecule has 1 heterocycles. The van der Waals surface area contributed by atoms with E-state index in [0.29, 0.717) is 5.75 Å². The molecule has 0 bridgehead atoms. The molecule has 0 saturated carbocycles. The van der Waals surface area contributed by atoms with Gasteiger partial charge in [0.25, 0.3) is 0 Å². The average molecular weight is 314 g/mol. The summed E-state index contributed by atoms with van der Waals surface area (Å²) in [4.78, 5) is 0. The summed E-state index contributed by atoms with van der Waals surface area (Å²) in [5.74, 6) is 1.84. The van der Waals surface area contributed by atoms with Crippen molar-refractivity contribution in [2.45, 2.75) is 24.9 Å². The average Bonchev–Trinajstić information content (AvgIpc) is 2.95. The second-order valence-corrected chi connectivity index (χ2v) is 5.75. The zero-order chi connectivity index (χ0) is 16.4. The van der Waals surface area contributed by atoms with Gasteiger partial charge >= 0.3 is 0 Å². The lowest BCUT2D eigenvalue weighted by Crippen LogP contribution is -2.29. The van der Waals surface area contributed by atoms with E-state index < -0.39 is 0 Å². The van der Waals surface area contributed by atoms with Crippen molar-refractivity contribution in [1.29, 1.82) is 0 Å². The molecule has 23 heavy (non-hydrogen) atoms. The number of phenols is 1. The van der Waals surface area contributed by atoms with Crippen LogP contribution in [-0.2, 0) is 0 Å². The lowest BCUT2D eigenvalue weighted by Gasteiger charge is -2.24. The molecule has 2 aromatic carbocycles. The predicted octanol–water partition coefficient (Wildman–Crippen LogP) is 2.73. The molecule has 1 fully saturated rings. The van der Waals surface area contributed by atoms with Crippen molar-refractivity contribution in [2.75, 3.05) is 14.2 Å². The number of para-hydroxylation sites is 1. The molecule has 0 aliphatic carbocycles. The Balaban J connectivity index is 2.02. The minimum atomic E-state index is -0.0628. The Kier molecular flexibility index (Phi) is 4.41. The van der Waals surface area contributed by atoms with Crippen molar-refractivity contribution in [3.8, 4) is 17.2 Å². The first kappa shape index (κ1) is 15.6. The molecule has 0 spiro atoms. The first-order chi connectivity index (χ1) is 11.2. The van der Waals surface area contributed by atoms with Crippen LogP contribution in [0.25, 0.3) is 0 Å². The SMILES string of the molecule is COc1ccc(C2NNC(C)C2c2ccccc2OC)c(O)c1. The molecule has 3 atom stereocenters. The molecular weight excluding hydrogens is 292 g/mol. The summed E-state index contributed by atoms with van der Waals surface area (Å²) < 4.78 is 10.7. The van der Waals surface area contributed by atoms with Gasteiger partial charge in [0.1, 0.15) is 17.2 Å². The molecule has 122 valence electrons. The van der Waals surface area contributed by atoms with Crippen molar-refractivity contribution in [3.05, 3.63) is 53.6 Å². The van der Waals surface area contributed by atoms with Crippen LogP contribution >= 0.6 is 0 Å². The van der Waals surface area contributed by atoms with E-state index in [1.165, 1.54) is 0 Å². The number of rotatable bonds is 4. The number of phenolic OH excluding ortho intramolecular Hbond substituents is 1. The van der Waals surface area contributed by atoms with Crippen molar-refractivity contribution in [2.24, 2.45) is 0 Å². The molecule has 5 nitrogen and oxygen atoms in total. The summed E-state index contributed by atoms with van der Waals surface area (Å²) in [6, 6.07) is 13.5. The number of nitrogens with one attached hydrogen (secondary N) is 2. The number of methoxy groups -OCH3 is 2. The topological polar surface area (TPSA) is 62.8 Å². The second-order valence-electron chi connectivity index (χ2n) is 5.75. The molecule has 3 rings (SSSR count). The third-order valence-corrected chi connectivity index (χ3v) is 4.44. The van der Waals surface area contributed by atoms with Gasteiger partial charge in [0, 0.05) is 29.2 Å². The van der Waals surface area contributed by atoms with Crippen LogP contribution in [0.2, 0.25) is 0 Å². The summed E-state index contributed by atoms with van der Waals surface area (Å²) in [5.41, 5.74) is 8.51. The monoisotopic (exact) mass is 314 g/mol. The second kappa shape index (κ2) is 6.48. The fraction of sp³-hybridized carbons (Fsp3) is 0.333. The van der Waals surface area contributed by atoms with Crippen LogP contribution in [0.1, 0.15) is 30.0 Å². The summed E-state index contributed by atoms with van der Waals surface area (Å²) in [6.07, 6.45) is 0. The largest absolute Gasteiger partial charge is 0.507 e. The number of benzene rings is 2. The highest BCUT2D eigenvalue weighted by atomic mass is 16.5. The van der Waals surface area contributed by atoms with E-state index in [2.05, 4.69) is 23.8 Å². The third kappa shape index (κ3) is 2.85. The molecule has 5 heteroatoms. The fourth-order valence-corrected chi connectivity index (χ4v) is 3.26. The first-order valence-corrected chi connectivity index (χ1v) is 7.66. The van der Waals surface area contributed by atoms with E-state index in [9.17, 15) is 5.11 Å². The highest BCUT2D eigenvalue weighted by Gasteiger charge is 2.38. The molecule has 1 saturated heterocycles. The van der Waals surface area contributed by atoms with Crippen molar-refractivity contribution in [3.63, 3.8) is 0 Å². The van der Waals surface area contributed by atoms with Crippen LogP contribution < -0.4 is 20.3 Å². The zero-order valence-electron chi connectivity index (χ0n) is 13.5. The Bertz CT molecular complexity index is 690. The van der Waals surface area contributed by atoms with Gasteiger partial charge in [-0.15, -0.1) is 0 Å². The Morgan fingerprint density at radius 3 is 2.43 bits per heavy atom. The van der Waals surface area contributed by atoms with E-state index in [0.717, 1.165) is 16.9 Å². The minimum Gasteiger partial charge on any atom is -0.507 e. The van der Waals surface area contributed by atoms with Gasteiger partial charge in [-0.25, -0.2) is 5.43 Å². The van der Waals surface area contributed by atoms with Crippen LogP contribution in [0, 0.1) is 0 Å². The molecule has 1 aliphatic rings. The Morgan fingerprint density at radius 1 is 0.957 bits per heavy atom. The summed E-state index contributed by atoms with van der Waals surface area (Å²) in [5, 5.41) is 10.4. The molecule has 3 N–H and O–H groups in total. The highest BCUT2D eigenvalue weighted by Crippen LogP contribution is 2.43. The molecule has 2 aromatic rings. The molecule has 3 unspecified atom stereocenters. The standard InChI is InChI=1S/C18H22N2O3/c1-11-17(14-6-4-5-7-16(14)23-3)18(20-19-11)13-9-8-12(22-2)10-15(13)21/h4-11,17-21H,1-3H3. The highest BCUT2D eigenvalue weighted by molar-refractivity contribution is 5.46. The number of ether oxygens (including phenoxy) is 2. The van der Waals surface area contributed by atoms with E-state index >= 15 is 0 Å². The number of hydrogen-bond donors (Lipinski definition) is 3. The number of aromatic hydroxyl groups is 1. The van der Waals surface area contributed by atoms with Crippen molar-refractivity contribution in [1.82, 2.24) is 10.9 Å². The molecular formula is C18H22N2O3. The molecule has 0 amide bonds. The lowest BCUT2D eigenvalue weighted by molar-refractivity contribution is 0.394. The van der Waals surface area contributed by atoms with Crippen LogP contribution in [0.3, 0.4) is 0 Å². The van der Waals surface area contributed by atoms with Gasteiger partial charge in [-0.05, 0) is 19.1 Å². The van der Waals surface area contributed by atoms with Gasteiger partial charge in [-0.1, -0.05) is 24.3 Å². The van der Waals surface area contributed by atoms with Crippen LogP contribution in [-0.4, -0.2) is 25.4 Å². The van der Waals surface area contributed by atoms with Gasteiger partial charge in [0.05, 0.1) is 20.3 Å². The van der Waals surface area contributed by atoms with Gasteiger partial charge in [0.15, 0.2) is 0 Å².